The van der Waals surface area contributed by atoms with Crippen LogP contribution in [0.4, 0.5) is 0 Å². The fourth-order valence-corrected chi connectivity index (χ4v) is 7.30. The van der Waals surface area contributed by atoms with Gasteiger partial charge in [-0.2, -0.15) is 0 Å². The molecular weight excluding hydrogens is 284 g/mol. The number of Topliss-reactive ketones (excluding diaryl/α,β-unsaturated/α-hetero) is 1. The van der Waals surface area contributed by atoms with E-state index in [0.29, 0.717) is 17.6 Å². The summed E-state index contributed by atoms with van der Waals surface area (Å²) < 4.78 is 0. The van der Waals surface area contributed by atoms with Crippen LogP contribution >= 0.6 is 0 Å². The topological polar surface area (TPSA) is 37.3 Å². The number of hydrogen-bond donors (Lipinski definition) is 1. The molecule has 2 nitrogen and oxygen atoms in total. The lowest BCUT2D eigenvalue weighted by Crippen LogP contribution is -2.62. The fourth-order valence-electron chi connectivity index (χ4n) is 7.30. The zero-order valence-corrected chi connectivity index (χ0v) is 15.0. The second-order valence-corrected chi connectivity index (χ2v) is 9.39. The van der Waals surface area contributed by atoms with Gasteiger partial charge < -0.3 is 5.11 Å². The smallest absolute Gasteiger partial charge is 0.133 e. The number of carbonyl (C=O) groups excluding carboxylic acids is 1. The minimum absolute atomic E-state index is 0.0101. The first kappa shape index (κ1) is 15.9. The molecule has 0 spiro atoms. The van der Waals surface area contributed by atoms with Crippen molar-refractivity contribution in [2.45, 2.75) is 84.2 Å². The van der Waals surface area contributed by atoms with Crippen LogP contribution in [0.3, 0.4) is 0 Å². The highest BCUT2D eigenvalue weighted by atomic mass is 16.3. The third-order valence-corrected chi connectivity index (χ3v) is 8.70. The van der Waals surface area contributed by atoms with Gasteiger partial charge in [0.05, 0.1) is 5.60 Å². The van der Waals surface area contributed by atoms with E-state index in [1.54, 1.807) is 6.92 Å². The molecule has 0 aromatic heterocycles. The average molecular weight is 316 g/mol. The highest BCUT2D eigenvalue weighted by Gasteiger charge is 2.65. The highest BCUT2D eigenvalue weighted by molar-refractivity contribution is 5.79. The summed E-state index contributed by atoms with van der Waals surface area (Å²) in [5.41, 5.74) is 1.11. The zero-order valence-electron chi connectivity index (χ0n) is 15.0. The number of hydrogen-bond acceptors (Lipinski definition) is 2. The van der Waals surface area contributed by atoms with E-state index in [1.807, 2.05) is 0 Å². The van der Waals surface area contributed by atoms with Gasteiger partial charge in [0.25, 0.3) is 0 Å². The van der Waals surface area contributed by atoms with Crippen molar-refractivity contribution in [2.75, 3.05) is 0 Å². The van der Waals surface area contributed by atoms with Gasteiger partial charge in [0.15, 0.2) is 0 Å². The Morgan fingerprint density at radius 2 is 1.91 bits per heavy atom. The van der Waals surface area contributed by atoms with Crippen molar-refractivity contribution in [1.29, 1.82) is 0 Å². The lowest BCUT2D eigenvalue weighted by molar-refractivity contribution is -0.185. The van der Waals surface area contributed by atoms with Crippen LogP contribution in [0.5, 0.6) is 0 Å². The SMILES string of the molecule is CC(=O)[C@H]1CC[C@H]2[C@@H]3CC=C4CCCC[C@]4(C)[C@@]3(O)CC[C@]12C. The average Bonchev–Trinajstić information content (AvgIpc) is 2.85. The molecule has 4 aliphatic carbocycles. The maximum atomic E-state index is 12.2. The lowest BCUT2D eigenvalue weighted by Gasteiger charge is -2.62. The molecule has 0 amide bonds. The number of allylic oxidation sites excluding steroid dienone is 1. The molecule has 23 heavy (non-hydrogen) atoms. The Hall–Kier alpha value is -0.630. The van der Waals surface area contributed by atoms with Gasteiger partial charge in [0, 0.05) is 11.3 Å². The van der Waals surface area contributed by atoms with E-state index in [-0.39, 0.29) is 16.7 Å². The Bertz CT molecular complexity index is 564. The van der Waals surface area contributed by atoms with Gasteiger partial charge in [0.1, 0.15) is 5.78 Å². The molecule has 2 heteroatoms. The molecule has 0 heterocycles. The summed E-state index contributed by atoms with van der Waals surface area (Å²) in [6.45, 7) is 6.46. The summed E-state index contributed by atoms with van der Waals surface area (Å²) in [6.07, 6.45) is 12.5. The Kier molecular flexibility index (Phi) is 3.41. The number of ketones is 1. The van der Waals surface area contributed by atoms with Crippen molar-refractivity contribution < 1.29 is 9.90 Å². The number of fused-ring (bicyclic) bond motifs is 5. The van der Waals surface area contributed by atoms with Crippen LogP contribution in [0.15, 0.2) is 11.6 Å². The Balaban J connectivity index is 1.74. The molecule has 1 N–H and O–H groups in total. The summed E-state index contributed by atoms with van der Waals surface area (Å²) in [5.74, 6) is 1.47. The zero-order chi connectivity index (χ0) is 16.5. The van der Waals surface area contributed by atoms with E-state index in [4.69, 9.17) is 0 Å². The highest BCUT2D eigenvalue weighted by Crippen LogP contribution is 2.67. The lowest BCUT2D eigenvalue weighted by atomic mass is 9.45. The van der Waals surface area contributed by atoms with E-state index >= 15 is 0 Å². The van der Waals surface area contributed by atoms with Gasteiger partial charge in [0.2, 0.25) is 0 Å². The van der Waals surface area contributed by atoms with Crippen molar-refractivity contribution in [3.8, 4) is 0 Å². The number of aliphatic hydroxyl groups is 1. The van der Waals surface area contributed by atoms with Gasteiger partial charge in [-0.3, -0.25) is 4.79 Å². The quantitative estimate of drug-likeness (QED) is 0.714. The Morgan fingerprint density at radius 1 is 1.13 bits per heavy atom. The molecule has 0 aliphatic heterocycles. The summed E-state index contributed by atoms with van der Waals surface area (Å²) in [5, 5.41) is 11.9. The fraction of sp³-hybridized carbons (Fsp3) is 0.857. The standard InChI is InChI=1S/C21H32O2/c1-14(22)16-9-10-17-18-8-7-15-6-4-5-11-20(15,3)21(18,23)13-12-19(16,17)2/h7,16-18,23H,4-6,8-13H2,1-3H3/t16-,17+,18+,19-,20+,21-/m1/s1. The van der Waals surface area contributed by atoms with Crippen molar-refractivity contribution >= 4 is 5.78 Å². The van der Waals surface area contributed by atoms with Crippen molar-refractivity contribution in [3.63, 3.8) is 0 Å². The summed E-state index contributed by atoms with van der Waals surface area (Å²) in [6, 6.07) is 0. The molecule has 0 aromatic rings. The van der Waals surface area contributed by atoms with Crippen LogP contribution in [-0.2, 0) is 4.79 Å². The van der Waals surface area contributed by atoms with Crippen molar-refractivity contribution in [1.82, 2.24) is 0 Å². The van der Waals surface area contributed by atoms with Gasteiger partial charge in [-0.15, -0.1) is 0 Å². The monoisotopic (exact) mass is 316 g/mol. The third kappa shape index (κ3) is 1.88. The second-order valence-electron chi connectivity index (χ2n) is 9.39. The Morgan fingerprint density at radius 3 is 2.65 bits per heavy atom. The summed E-state index contributed by atoms with van der Waals surface area (Å²) in [7, 11) is 0. The van der Waals surface area contributed by atoms with E-state index in [9.17, 15) is 9.90 Å². The van der Waals surface area contributed by atoms with Crippen LogP contribution in [0.25, 0.3) is 0 Å². The predicted molar refractivity (Wildman–Crippen MR) is 92.0 cm³/mol. The second kappa shape index (κ2) is 4.94. The summed E-state index contributed by atoms with van der Waals surface area (Å²) >= 11 is 0. The van der Waals surface area contributed by atoms with Crippen molar-refractivity contribution in [2.24, 2.45) is 28.6 Å². The van der Waals surface area contributed by atoms with Gasteiger partial charge in [-0.1, -0.05) is 31.9 Å². The van der Waals surface area contributed by atoms with Crippen LogP contribution in [0.2, 0.25) is 0 Å². The first-order valence-electron chi connectivity index (χ1n) is 9.75. The molecule has 3 fully saturated rings. The molecule has 128 valence electrons. The van der Waals surface area contributed by atoms with E-state index in [2.05, 4.69) is 19.9 Å². The first-order valence-corrected chi connectivity index (χ1v) is 9.75. The Labute approximate surface area is 140 Å². The van der Waals surface area contributed by atoms with Crippen LogP contribution in [0, 0.1) is 28.6 Å². The van der Waals surface area contributed by atoms with Gasteiger partial charge in [-0.25, -0.2) is 0 Å². The minimum Gasteiger partial charge on any atom is -0.389 e. The molecule has 6 atom stereocenters. The van der Waals surface area contributed by atoms with E-state index in [0.717, 1.165) is 38.5 Å². The largest absolute Gasteiger partial charge is 0.389 e. The molecule has 3 saturated carbocycles. The molecule has 4 rings (SSSR count). The normalized spacial score (nSPS) is 52.2. The molecular formula is C21H32O2. The predicted octanol–water partition coefficient (Wildman–Crippen LogP) is 4.66. The van der Waals surface area contributed by atoms with E-state index < -0.39 is 5.60 Å². The minimum atomic E-state index is -0.534. The molecule has 0 saturated heterocycles. The third-order valence-electron chi connectivity index (χ3n) is 8.70. The van der Waals surface area contributed by atoms with Gasteiger partial charge >= 0.3 is 0 Å². The molecule has 0 aromatic carbocycles. The van der Waals surface area contributed by atoms with Crippen LogP contribution < -0.4 is 0 Å². The van der Waals surface area contributed by atoms with E-state index in [1.165, 1.54) is 24.8 Å². The van der Waals surface area contributed by atoms with Crippen LogP contribution in [-0.4, -0.2) is 16.5 Å². The molecule has 4 aliphatic rings. The molecule has 0 unspecified atom stereocenters. The molecule has 0 bridgehead atoms. The van der Waals surface area contributed by atoms with Crippen molar-refractivity contribution in [3.05, 3.63) is 11.6 Å². The molecule has 0 radical (unpaired) electrons. The maximum Gasteiger partial charge on any atom is 0.133 e. The van der Waals surface area contributed by atoms with Gasteiger partial charge in [-0.05, 0) is 75.5 Å². The summed E-state index contributed by atoms with van der Waals surface area (Å²) in [4.78, 5) is 12.2. The number of carbonyl (C=O) groups is 1. The maximum absolute atomic E-state index is 12.2. The number of rotatable bonds is 1. The van der Waals surface area contributed by atoms with Crippen LogP contribution in [0.1, 0.15) is 78.6 Å². The first-order chi connectivity index (χ1) is 10.8.